The number of nitrogens with zero attached hydrogens (tertiary/aromatic N) is 2. The molecular formula is C13H13BrN4O. The topological polar surface area (TPSA) is 80.9 Å². The fraction of sp³-hybridized carbons (Fsp3) is 0.154. The van der Waals surface area contributed by atoms with E-state index in [-0.39, 0.29) is 5.91 Å². The molecule has 0 atom stereocenters. The van der Waals surface area contributed by atoms with Crippen LogP contribution in [0.1, 0.15) is 21.6 Å². The van der Waals surface area contributed by atoms with Crippen LogP contribution in [0.3, 0.4) is 0 Å². The molecule has 1 amide bonds. The van der Waals surface area contributed by atoms with Gasteiger partial charge in [-0.3, -0.25) is 4.79 Å². The minimum Gasteiger partial charge on any atom is -0.384 e. The summed E-state index contributed by atoms with van der Waals surface area (Å²) in [6.07, 6.45) is 1.65. The predicted molar refractivity (Wildman–Crippen MR) is 78.0 cm³/mol. The third-order valence-electron chi connectivity index (χ3n) is 2.52. The fourth-order valence-corrected chi connectivity index (χ4v) is 1.84. The van der Waals surface area contributed by atoms with Gasteiger partial charge in [0.05, 0.1) is 0 Å². The minimum atomic E-state index is -0.258. The Kier molecular flexibility index (Phi) is 3.80. The van der Waals surface area contributed by atoms with E-state index in [4.69, 9.17) is 5.73 Å². The summed E-state index contributed by atoms with van der Waals surface area (Å²) >= 11 is 3.36. The van der Waals surface area contributed by atoms with Crippen molar-refractivity contribution < 1.29 is 4.79 Å². The summed E-state index contributed by atoms with van der Waals surface area (Å²) in [6.45, 7) is 3.71. The maximum atomic E-state index is 12.1. The maximum absolute atomic E-state index is 12.1. The molecule has 2 aromatic heterocycles. The first-order valence-corrected chi connectivity index (χ1v) is 6.42. The molecule has 6 heteroatoms. The van der Waals surface area contributed by atoms with Crippen LogP contribution in [-0.4, -0.2) is 15.9 Å². The number of anilines is 2. The van der Waals surface area contributed by atoms with Crippen molar-refractivity contribution in [2.24, 2.45) is 0 Å². The molecule has 2 aromatic rings. The van der Waals surface area contributed by atoms with Crippen LogP contribution in [0.5, 0.6) is 0 Å². The Morgan fingerprint density at radius 1 is 1.32 bits per heavy atom. The number of carbonyl (C=O) groups excluding carboxylic acids is 1. The molecule has 0 spiro atoms. The normalized spacial score (nSPS) is 10.3. The number of hydrogen-bond acceptors (Lipinski definition) is 4. The van der Waals surface area contributed by atoms with Gasteiger partial charge in [0.15, 0.2) is 0 Å². The second-order valence-corrected chi connectivity index (χ2v) is 5.05. The Morgan fingerprint density at radius 3 is 2.68 bits per heavy atom. The van der Waals surface area contributed by atoms with Gasteiger partial charge in [-0.05, 0) is 53.5 Å². The highest BCUT2D eigenvalue weighted by Gasteiger charge is 2.09. The van der Waals surface area contributed by atoms with Crippen molar-refractivity contribution in [2.75, 3.05) is 11.1 Å². The summed E-state index contributed by atoms with van der Waals surface area (Å²) in [4.78, 5) is 20.2. The third kappa shape index (κ3) is 3.29. The Balaban J connectivity index is 2.22. The van der Waals surface area contributed by atoms with E-state index in [1.165, 1.54) is 6.07 Å². The molecule has 0 radical (unpaired) electrons. The van der Waals surface area contributed by atoms with Gasteiger partial charge in [-0.15, -0.1) is 0 Å². The Labute approximate surface area is 119 Å². The number of aromatic nitrogens is 2. The van der Waals surface area contributed by atoms with Gasteiger partial charge >= 0.3 is 0 Å². The zero-order valence-corrected chi connectivity index (χ0v) is 12.2. The Morgan fingerprint density at radius 2 is 2.05 bits per heavy atom. The van der Waals surface area contributed by atoms with Crippen molar-refractivity contribution in [1.82, 2.24) is 9.97 Å². The quantitative estimate of drug-likeness (QED) is 0.891. The highest BCUT2D eigenvalue weighted by atomic mass is 79.9. The molecule has 3 N–H and O–H groups in total. The van der Waals surface area contributed by atoms with Crippen LogP contribution >= 0.6 is 15.9 Å². The van der Waals surface area contributed by atoms with Gasteiger partial charge in [-0.2, -0.15) is 0 Å². The second-order valence-electron chi connectivity index (χ2n) is 4.19. The van der Waals surface area contributed by atoms with Crippen LogP contribution in [0.4, 0.5) is 11.6 Å². The SMILES string of the molecule is Cc1cc(C(=O)Nc2cc(C)c(Br)cn2)cc(N)n1. The van der Waals surface area contributed by atoms with Crippen molar-refractivity contribution in [3.8, 4) is 0 Å². The lowest BCUT2D eigenvalue weighted by molar-refractivity contribution is 0.102. The number of amides is 1. The van der Waals surface area contributed by atoms with E-state index in [0.29, 0.717) is 22.9 Å². The van der Waals surface area contributed by atoms with E-state index in [0.717, 1.165) is 10.0 Å². The number of rotatable bonds is 2. The highest BCUT2D eigenvalue weighted by Crippen LogP contribution is 2.18. The first-order chi connectivity index (χ1) is 8.95. The standard InChI is InChI=1S/C13H13BrN4O/c1-7-3-12(16-6-10(7)14)18-13(19)9-4-8(2)17-11(15)5-9/h3-6H,1-2H3,(H2,15,17)(H,16,18,19). The Hall–Kier alpha value is -1.95. The first kappa shape index (κ1) is 13.5. The van der Waals surface area contributed by atoms with Gasteiger partial charge in [0, 0.05) is 21.9 Å². The number of nitrogens with one attached hydrogen (secondary N) is 1. The summed E-state index contributed by atoms with van der Waals surface area (Å²) in [7, 11) is 0. The highest BCUT2D eigenvalue weighted by molar-refractivity contribution is 9.10. The van der Waals surface area contributed by atoms with Crippen molar-refractivity contribution >= 4 is 33.5 Å². The van der Waals surface area contributed by atoms with Gasteiger partial charge in [0.25, 0.3) is 5.91 Å². The van der Waals surface area contributed by atoms with Crippen LogP contribution in [0.25, 0.3) is 0 Å². The molecule has 5 nitrogen and oxygen atoms in total. The number of nitrogen functional groups attached to an aromatic ring is 1. The molecule has 0 aliphatic rings. The van der Waals surface area contributed by atoms with Crippen LogP contribution in [0.2, 0.25) is 0 Å². The number of pyridine rings is 2. The molecule has 2 heterocycles. The average Bonchev–Trinajstić information content (AvgIpc) is 2.32. The largest absolute Gasteiger partial charge is 0.384 e. The molecular weight excluding hydrogens is 308 g/mol. The molecule has 0 aliphatic heterocycles. The molecule has 2 rings (SSSR count). The van der Waals surface area contributed by atoms with Crippen LogP contribution < -0.4 is 11.1 Å². The summed E-state index contributed by atoms with van der Waals surface area (Å²) < 4.78 is 0.898. The smallest absolute Gasteiger partial charge is 0.257 e. The van der Waals surface area contributed by atoms with E-state index in [2.05, 4.69) is 31.2 Å². The molecule has 0 aromatic carbocycles. The number of hydrogen-bond donors (Lipinski definition) is 2. The minimum absolute atomic E-state index is 0.258. The second kappa shape index (κ2) is 5.36. The van der Waals surface area contributed by atoms with E-state index in [9.17, 15) is 4.79 Å². The van der Waals surface area contributed by atoms with E-state index in [1.807, 2.05) is 6.92 Å². The number of nitrogens with two attached hydrogens (primary N) is 1. The first-order valence-electron chi connectivity index (χ1n) is 5.63. The van der Waals surface area contributed by atoms with Crippen LogP contribution in [0, 0.1) is 13.8 Å². The zero-order valence-electron chi connectivity index (χ0n) is 10.6. The van der Waals surface area contributed by atoms with Gasteiger partial charge < -0.3 is 11.1 Å². The molecule has 0 saturated heterocycles. The van der Waals surface area contributed by atoms with Gasteiger partial charge in [0.2, 0.25) is 0 Å². The summed E-state index contributed by atoms with van der Waals surface area (Å²) in [5.41, 5.74) is 7.78. The van der Waals surface area contributed by atoms with Crippen molar-refractivity contribution in [3.05, 3.63) is 45.7 Å². The van der Waals surface area contributed by atoms with Crippen molar-refractivity contribution in [2.45, 2.75) is 13.8 Å². The third-order valence-corrected chi connectivity index (χ3v) is 3.35. The van der Waals surface area contributed by atoms with Crippen molar-refractivity contribution in [3.63, 3.8) is 0 Å². The van der Waals surface area contributed by atoms with E-state index >= 15 is 0 Å². The lowest BCUT2D eigenvalue weighted by Crippen LogP contribution is -2.14. The fourth-order valence-electron chi connectivity index (χ4n) is 1.62. The predicted octanol–water partition coefficient (Wildman–Crippen LogP) is 2.69. The number of aryl methyl sites for hydroxylation is 2. The lowest BCUT2D eigenvalue weighted by atomic mass is 10.2. The van der Waals surface area contributed by atoms with Gasteiger partial charge in [-0.25, -0.2) is 9.97 Å². The van der Waals surface area contributed by atoms with Gasteiger partial charge in [-0.1, -0.05) is 0 Å². The van der Waals surface area contributed by atoms with Crippen LogP contribution in [0.15, 0.2) is 28.9 Å². The number of carbonyl (C=O) groups is 1. The lowest BCUT2D eigenvalue weighted by Gasteiger charge is -2.07. The van der Waals surface area contributed by atoms with Crippen LogP contribution in [-0.2, 0) is 0 Å². The molecule has 0 fully saturated rings. The van der Waals surface area contributed by atoms with E-state index < -0.39 is 0 Å². The summed E-state index contributed by atoms with van der Waals surface area (Å²) in [5, 5.41) is 2.73. The molecule has 0 bridgehead atoms. The van der Waals surface area contributed by atoms with Crippen molar-refractivity contribution in [1.29, 1.82) is 0 Å². The molecule has 0 unspecified atom stereocenters. The average molecular weight is 321 g/mol. The summed E-state index contributed by atoms with van der Waals surface area (Å²) in [5.74, 6) is 0.565. The Bertz CT molecular complexity index is 622. The summed E-state index contributed by atoms with van der Waals surface area (Å²) in [6, 6.07) is 5.00. The van der Waals surface area contributed by atoms with Gasteiger partial charge in [0.1, 0.15) is 11.6 Å². The zero-order chi connectivity index (χ0) is 14.0. The number of halogens is 1. The maximum Gasteiger partial charge on any atom is 0.257 e. The molecule has 19 heavy (non-hydrogen) atoms. The monoisotopic (exact) mass is 320 g/mol. The molecule has 0 saturated carbocycles. The molecule has 98 valence electrons. The van der Waals surface area contributed by atoms with E-state index in [1.54, 1.807) is 25.3 Å². The molecule has 0 aliphatic carbocycles.